The Hall–Kier alpha value is -1.82. The van der Waals surface area contributed by atoms with Crippen molar-refractivity contribution in [2.24, 2.45) is 0 Å². The lowest BCUT2D eigenvalue weighted by Crippen LogP contribution is -2.12. The van der Waals surface area contributed by atoms with Gasteiger partial charge in [0.05, 0.1) is 5.56 Å². The van der Waals surface area contributed by atoms with Crippen LogP contribution < -0.4 is 0 Å². The molecule has 1 rings (SSSR count). The molecule has 0 radical (unpaired) electrons. The van der Waals surface area contributed by atoms with Crippen LogP contribution in [0.2, 0.25) is 0 Å². The van der Waals surface area contributed by atoms with Crippen molar-refractivity contribution >= 4 is 5.97 Å². The summed E-state index contributed by atoms with van der Waals surface area (Å²) < 4.78 is 4.83. The first-order valence-corrected chi connectivity index (χ1v) is 4.30. The third-order valence-electron chi connectivity index (χ3n) is 1.75. The fourth-order valence-electron chi connectivity index (χ4n) is 0.945. The van der Waals surface area contributed by atoms with Gasteiger partial charge in [0.1, 0.15) is 6.07 Å². The molecular weight excluding hydrogens is 178 g/mol. The number of carbonyl (C=O) groups is 1. The Bertz CT molecular complexity index is 362. The topological polar surface area (TPSA) is 50.1 Å². The van der Waals surface area contributed by atoms with E-state index in [4.69, 9.17) is 10.00 Å². The van der Waals surface area contributed by atoms with Crippen molar-refractivity contribution in [1.29, 1.82) is 5.26 Å². The molecule has 1 unspecified atom stereocenters. The van der Waals surface area contributed by atoms with Crippen molar-refractivity contribution in [2.45, 2.75) is 20.0 Å². The maximum absolute atomic E-state index is 11.4. The zero-order chi connectivity index (χ0) is 10.6. The molecule has 0 fully saturated rings. The second-order valence-corrected chi connectivity index (χ2v) is 3.04. The summed E-state index contributed by atoms with van der Waals surface area (Å²) >= 11 is 0. The van der Waals surface area contributed by atoms with Crippen LogP contribution in [0.3, 0.4) is 0 Å². The van der Waals surface area contributed by atoms with Gasteiger partial charge < -0.3 is 4.74 Å². The number of aryl methyl sites for hydroxylation is 1. The summed E-state index contributed by atoms with van der Waals surface area (Å²) in [5.74, 6) is -0.459. The van der Waals surface area contributed by atoms with Crippen molar-refractivity contribution in [3.63, 3.8) is 0 Å². The average Bonchev–Trinajstić information content (AvgIpc) is 2.18. The van der Waals surface area contributed by atoms with Gasteiger partial charge in [-0.15, -0.1) is 0 Å². The van der Waals surface area contributed by atoms with Gasteiger partial charge >= 0.3 is 5.97 Å². The van der Waals surface area contributed by atoms with Gasteiger partial charge in [0, 0.05) is 0 Å². The first-order valence-electron chi connectivity index (χ1n) is 4.30. The molecule has 0 spiro atoms. The molecule has 0 aromatic heterocycles. The monoisotopic (exact) mass is 189 g/mol. The molecule has 14 heavy (non-hydrogen) atoms. The highest BCUT2D eigenvalue weighted by atomic mass is 16.5. The minimum absolute atomic E-state index is 0.459. The fourth-order valence-corrected chi connectivity index (χ4v) is 0.945. The number of nitriles is 1. The molecule has 72 valence electrons. The molecule has 0 saturated heterocycles. The van der Waals surface area contributed by atoms with Crippen LogP contribution in [0.4, 0.5) is 0 Å². The van der Waals surface area contributed by atoms with E-state index in [0.717, 1.165) is 5.56 Å². The van der Waals surface area contributed by atoms with Crippen molar-refractivity contribution in [2.75, 3.05) is 0 Å². The number of hydrogen-bond donors (Lipinski definition) is 0. The van der Waals surface area contributed by atoms with Crippen LogP contribution in [0.25, 0.3) is 0 Å². The Kier molecular flexibility index (Phi) is 3.24. The lowest BCUT2D eigenvalue weighted by Gasteiger charge is -2.05. The van der Waals surface area contributed by atoms with E-state index in [1.54, 1.807) is 12.1 Å². The summed E-state index contributed by atoms with van der Waals surface area (Å²) in [6, 6.07) is 8.85. The van der Waals surface area contributed by atoms with Crippen molar-refractivity contribution < 1.29 is 9.53 Å². The molecule has 0 aliphatic carbocycles. The van der Waals surface area contributed by atoms with E-state index in [1.165, 1.54) is 6.92 Å². The van der Waals surface area contributed by atoms with Gasteiger partial charge in [-0.1, -0.05) is 17.7 Å². The van der Waals surface area contributed by atoms with E-state index < -0.39 is 12.1 Å². The van der Waals surface area contributed by atoms with Crippen molar-refractivity contribution in [3.8, 4) is 6.07 Å². The zero-order valence-corrected chi connectivity index (χ0v) is 8.15. The number of ether oxygens (including phenoxy) is 1. The Labute approximate surface area is 82.9 Å². The number of nitrogens with zero attached hydrogens (tertiary/aromatic N) is 1. The van der Waals surface area contributed by atoms with Crippen LogP contribution in [-0.2, 0) is 4.74 Å². The van der Waals surface area contributed by atoms with Crippen molar-refractivity contribution in [3.05, 3.63) is 35.4 Å². The third kappa shape index (κ3) is 2.60. The second-order valence-electron chi connectivity index (χ2n) is 3.04. The van der Waals surface area contributed by atoms with Crippen LogP contribution in [-0.4, -0.2) is 12.1 Å². The molecule has 0 aliphatic heterocycles. The minimum Gasteiger partial charge on any atom is -0.444 e. The fraction of sp³-hybridized carbons (Fsp3) is 0.273. The van der Waals surface area contributed by atoms with Crippen molar-refractivity contribution in [1.82, 2.24) is 0 Å². The highest BCUT2D eigenvalue weighted by Crippen LogP contribution is 2.06. The second kappa shape index (κ2) is 4.43. The van der Waals surface area contributed by atoms with E-state index in [2.05, 4.69) is 0 Å². The normalized spacial score (nSPS) is 11.5. The average molecular weight is 189 g/mol. The van der Waals surface area contributed by atoms with Gasteiger partial charge in [0.2, 0.25) is 0 Å². The molecule has 0 amide bonds. The molecule has 3 nitrogen and oxygen atoms in total. The van der Waals surface area contributed by atoms with Crippen LogP contribution in [0.1, 0.15) is 22.8 Å². The predicted molar refractivity (Wildman–Crippen MR) is 51.7 cm³/mol. The van der Waals surface area contributed by atoms with Gasteiger partial charge in [0.15, 0.2) is 6.10 Å². The van der Waals surface area contributed by atoms with Gasteiger partial charge in [0.25, 0.3) is 0 Å². The smallest absolute Gasteiger partial charge is 0.339 e. The predicted octanol–water partition coefficient (Wildman–Crippen LogP) is 2.06. The molecule has 0 N–H and O–H groups in total. The maximum Gasteiger partial charge on any atom is 0.339 e. The van der Waals surface area contributed by atoms with Crippen LogP contribution in [0.5, 0.6) is 0 Å². The summed E-state index contributed by atoms with van der Waals surface area (Å²) in [5.41, 5.74) is 1.55. The summed E-state index contributed by atoms with van der Waals surface area (Å²) in [6.45, 7) is 3.47. The lowest BCUT2D eigenvalue weighted by molar-refractivity contribution is 0.0435. The van der Waals surface area contributed by atoms with Crippen LogP contribution >= 0.6 is 0 Å². The first-order chi connectivity index (χ1) is 6.63. The number of esters is 1. The molecule has 1 atom stereocenters. The number of hydrogen-bond acceptors (Lipinski definition) is 3. The van der Waals surface area contributed by atoms with E-state index >= 15 is 0 Å². The van der Waals surface area contributed by atoms with E-state index in [9.17, 15) is 4.79 Å². The van der Waals surface area contributed by atoms with Gasteiger partial charge in [-0.2, -0.15) is 5.26 Å². The van der Waals surface area contributed by atoms with E-state index in [-0.39, 0.29) is 0 Å². The molecule has 0 heterocycles. The van der Waals surface area contributed by atoms with Gasteiger partial charge in [-0.3, -0.25) is 0 Å². The molecule has 0 aliphatic rings. The number of rotatable bonds is 2. The summed E-state index contributed by atoms with van der Waals surface area (Å²) in [7, 11) is 0. The standard InChI is InChI=1S/C11H11NO2/c1-8-3-5-10(6-4-8)11(13)14-9(2)7-12/h3-6,9H,1-2H3. The third-order valence-corrected chi connectivity index (χ3v) is 1.75. The lowest BCUT2D eigenvalue weighted by atomic mass is 10.1. The highest BCUT2D eigenvalue weighted by Gasteiger charge is 2.10. The zero-order valence-electron chi connectivity index (χ0n) is 8.15. The summed E-state index contributed by atoms with van der Waals surface area (Å²) in [5, 5.41) is 8.45. The molecule has 1 aromatic carbocycles. The molecule has 1 aromatic rings. The molecule has 0 saturated carbocycles. The summed E-state index contributed by atoms with van der Waals surface area (Å²) in [4.78, 5) is 11.4. The molecule has 0 bridgehead atoms. The highest BCUT2D eigenvalue weighted by molar-refractivity contribution is 5.89. The number of benzene rings is 1. The Balaban J connectivity index is 2.71. The first kappa shape index (κ1) is 10.3. The Morgan fingerprint density at radius 2 is 2.00 bits per heavy atom. The van der Waals surface area contributed by atoms with E-state index in [0.29, 0.717) is 5.56 Å². The van der Waals surface area contributed by atoms with E-state index in [1.807, 2.05) is 25.1 Å². The summed E-state index contributed by atoms with van der Waals surface area (Å²) in [6.07, 6.45) is -0.705. The maximum atomic E-state index is 11.4. The molecular formula is C11H11NO2. The quantitative estimate of drug-likeness (QED) is 0.669. The Morgan fingerprint density at radius 1 is 1.43 bits per heavy atom. The van der Waals surface area contributed by atoms with Gasteiger partial charge in [-0.05, 0) is 26.0 Å². The van der Waals surface area contributed by atoms with Crippen LogP contribution in [0.15, 0.2) is 24.3 Å². The van der Waals surface area contributed by atoms with Gasteiger partial charge in [-0.25, -0.2) is 4.79 Å². The van der Waals surface area contributed by atoms with Crippen LogP contribution in [0, 0.1) is 18.3 Å². The largest absolute Gasteiger partial charge is 0.444 e. The SMILES string of the molecule is Cc1ccc(C(=O)OC(C)C#N)cc1. The molecule has 3 heteroatoms. The Morgan fingerprint density at radius 3 is 2.50 bits per heavy atom. The number of carbonyl (C=O) groups excluding carboxylic acids is 1. The minimum atomic E-state index is -0.705.